The topological polar surface area (TPSA) is 20.2 Å². The maximum absolute atomic E-state index is 14.0. The van der Waals surface area contributed by atoms with Gasteiger partial charge in [0.2, 0.25) is 0 Å². The molecule has 1 aromatic carbocycles. The van der Waals surface area contributed by atoms with E-state index < -0.39 is 6.10 Å². The summed E-state index contributed by atoms with van der Waals surface area (Å²) in [7, 11) is 0. The number of benzene rings is 1. The molecule has 21 heavy (non-hydrogen) atoms. The molecule has 4 saturated carbocycles. The van der Waals surface area contributed by atoms with Crippen LogP contribution in [0.1, 0.15) is 56.6 Å². The Balaban J connectivity index is 1.55. The molecule has 114 valence electrons. The number of hydrogen-bond donors (Lipinski definition) is 1. The normalized spacial score (nSPS) is 38.7. The lowest BCUT2D eigenvalue weighted by atomic mass is 9.48. The first-order valence-electron chi connectivity index (χ1n) is 8.16. The van der Waals surface area contributed by atoms with Gasteiger partial charge in [0.25, 0.3) is 0 Å². The molecule has 4 bridgehead atoms. The van der Waals surface area contributed by atoms with Crippen molar-refractivity contribution in [2.24, 2.45) is 23.2 Å². The van der Waals surface area contributed by atoms with Crippen LogP contribution in [0.3, 0.4) is 0 Å². The van der Waals surface area contributed by atoms with Gasteiger partial charge in [-0.2, -0.15) is 0 Å². The first-order valence-corrected chi connectivity index (χ1v) is 8.54. The lowest BCUT2D eigenvalue weighted by molar-refractivity contribution is -0.0767. The van der Waals surface area contributed by atoms with Crippen LogP contribution in [0.5, 0.6) is 0 Å². The van der Waals surface area contributed by atoms with Gasteiger partial charge in [-0.15, -0.1) is 0 Å². The fourth-order valence-corrected chi connectivity index (χ4v) is 5.99. The zero-order valence-electron chi connectivity index (χ0n) is 12.2. The van der Waals surface area contributed by atoms with E-state index in [1.807, 2.05) is 0 Å². The molecule has 4 fully saturated rings. The van der Waals surface area contributed by atoms with Gasteiger partial charge >= 0.3 is 0 Å². The molecule has 4 aliphatic rings. The fraction of sp³-hybridized carbons (Fsp3) is 0.667. The van der Waals surface area contributed by atoms with Crippen LogP contribution >= 0.6 is 11.6 Å². The molecule has 0 aliphatic heterocycles. The second-order valence-corrected chi connectivity index (χ2v) is 8.24. The molecule has 1 aromatic rings. The highest BCUT2D eigenvalue weighted by Gasteiger charge is 2.51. The van der Waals surface area contributed by atoms with Gasteiger partial charge in [-0.25, -0.2) is 4.39 Å². The SMILES string of the molecule is OC(CC12CC3CC(CC(C3)C1)C2)c1ccc(Cl)cc1F. The maximum Gasteiger partial charge on any atom is 0.130 e. The highest BCUT2D eigenvalue weighted by molar-refractivity contribution is 6.30. The Kier molecular flexibility index (Phi) is 3.31. The smallest absolute Gasteiger partial charge is 0.130 e. The number of aliphatic hydroxyl groups is 1. The molecule has 0 spiro atoms. The van der Waals surface area contributed by atoms with Gasteiger partial charge in [0.05, 0.1) is 6.10 Å². The van der Waals surface area contributed by atoms with Crippen LogP contribution in [-0.2, 0) is 0 Å². The van der Waals surface area contributed by atoms with Gasteiger partial charge in [0.15, 0.2) is 0 Å². The van der Waals surface area contributed by atoms with Crippen molar-refractivity contribution in [3.05, 3.63) is 34.6 Å². The quantitative estimate of drug-likeness (QED) is 0.821. The summed E-state index contributed by atoms with van der Waals surface area (Å²) in [5.41, 5.74) is 0.676. The van der Waals surface area contributed by atoms with Crippen molar-refractivity contribution in [1.29, 1.82) is 0 Å². The second kappa shape index (κ2) is 4.96. The van der Waals surface area contributed by atoms with Crippen molar-refractivity contribution in [2.45, 2.75) is 51.0 Å². The lowest BCUT2D eigenvalue weighted by Crippen LogP contribution is -2.46. The molecule has 1 N–H and O–H groups in total. The van der Waals surface area contributed by atoms with E-state index in [1.165, 1.54) is 44.6 Å². The summed E-state index contributed by atoms with van der Waals surface area (Å²) in [4.78, 5) is 0. The van der Waals surface area contributed by atoms with E-state index in [0.29, 0.717) is 10.6 Å². The first kappa shape index (κ1) is 14.0. The summed E-state index contributed by atoms with van der Waals surface area (Å²) < 4.78 is 14.0. The summed E-state index contributed by atoms with van der Waals surface area (Å²) in [5, 5.41) is 11.0. The minimum atomic E-state index is -0.696. The average Bonchev–Trinajstić information content (AvgIpc) is 2.35. The van der Waals surface area contributed by atoms with Crippen molar-refractivity contribution in [1.82, 2.24) is 0 Å². The molecule has 0 amide bonds. The van der Waals surface area contributed by atoms with Crippen molar-refractivity contribution in [3.8, 4) is 0 Å². The van der Waals surface area contributed by atoms with Crippen LogP contribution in [0.15, 0.2) is 18.2 Å². The minimum absolute atomic E-state index is 0.264. The molecule has 1 atom stereocenters. The molecule has 0 radical (unpaired) electrons. The zero-order valence-corrected chi connectivity index (χ0v) is 13.0. The van der Waals surface area contributed by atoms with Crippen LogP contribution in [0.4, 0.5) is 4.39 Å². The number of aliphatic hydroxyl groups excluding tert-OH is 1. The van der Waals surface area contributed by atoms with Gasteiger partial charge < -0.3 is 5.11 Å². The third-order valence-electron chi connectivity index (χ3n) is 6.11. The van der Waals surface area contributed by atoms with Gasteiger partial charge in [-0.3, -0.25) is 0 Å². The van der Waals surface area contributed by atoms with E-state index in [9.17, 15) is 9.50 Å². The Morgan fingerprint density at radius 1 is 1.14 bits per heavy atom. The lowest BCUT2D eigenvalue weighted by Gasteiger charge is -2.57. The Morgan fingerprint density at radius 2 is 1.71 bits per heavy atom. The Hall–Kier alpha value is -0.600. The Labute approximate surface area is 130 Å². The molecule has 5 rings (SSSR count). The number of hydrogen-bond acceptors (Lipinski definition) is 1. The van der Waals surface area contributed by atoms with Crippen LogP contribution in [0.25, 0.3) is 0 Å². The predicted octanol–water partition coefficient (Wildman–Crippen LogP) is 5.12. The van der Waals surface area contributed by atoms with Crippen LogP contribution in [-0.4, -0.2) is 5.11 Å². The molecular formula is C18H22ClFO. The standard InChI is InChI=1S/C18H22ClFO/c19-14-1-2-15(16(20)6-14)17(21)10-18-7-11-3-12(8-18)5-13(4-11)9-18/h1-2,6,11-13,17,21H,3-5,7-10H2. The molecular weight excluding hydrogens is 287 g/mol. The van der Waals surface area contributed by atoms with Crippen molar-refractivity contribution in [3.63, 3.8) is 0 Å². The third kappa shape index (κ3) is 2.51. The Morgan fingerprint density at radius 3 is 2.24 bits per heavy atom. The van der Waals surface area contributed by atoms with E-state index in [4.69, 9.17) is 11.6 Å². The Bertz CT molecular complexity index is 521. The third-order valence-corrected chi connectivity index (χ3v) is 6.35. The van der Waals surface area contributed by atoms with Crippen LogP contribution in [0.2, 0.25) is 5.02 Å². The average molecular weight is 309 g/mol. The van der Waals surface area contributed by atoms with Crippen LogP contribution in [0, 0.1) is 29.0 Å². The summed E-state index contributed by atoms with van der Waals surface area (Å²) in [6.07, 6.45) is 7.93. The molecule has 4 aliphatic carbocycles. The van der Waals surface area contributed by atoms with E-state index in [-0.39, 0.29) is 11.2 Å². The van der Waals surface area contributed by atoms with Crippen LogP contribution < -0.4 is 0 Å². The molecule has 0 heterocycles. The summed E-state index contributed by atoms with van der Waals surface area (Å²) in [5.74, 6) is 2.20. The highest BCUT2D eigenvalue weighted by Crippen LogP contribution is 2.62. The van der Waals surface area contributed by atoms with E-state index in [0.717, 1.165) is 24.2 Å². The van der Waals surface area contributed by atoms with Crippen molar-refractivity contribution < 1.29 is 9.50 Å². The largest absolute Gasteiger partial charge is 0.388 e. The number of halogens is 2. The number of rotatable bonds is 3. The van der Waals surface area contributed by atoms with E-state index in [1.54, 1.807) is 12.1 Å². The van der Waals surface area contributed by atoms with Crippen molar-refractivity contribution >= 4 is 11.6 Å². The van der Waals surface area contributed by atoms with Gasteiger partial charge in [0, 0.05) is 10.6 Å². The van der Waals surface area contributed by atoms with Gasteiger partial charge in [0.1, 0.15) is 5.82 Å². The maximum atomic E-state index is 14.0. The van der Waals surface area contributed by atoms with Gasteiger partial charge in [-0.1, -0.05) is 17.7 Å². The first-order chi connectivity index (χ1) is 10.0. The predicted molar refractivity (Wildman–Crippen MR) is 81.6 cm³/mol. The summed E-state index contributed by atoms with van der Waals surface area (Å²) in [6, 6.07) is 4.62. The van der Waals surface area contributed by atoms with Crippen molar-refractivity contribution in [2.75, 3.05) is 0 Å². The summed E-state index contributed by atoms with van der Waals surface area (Å²) >= 11 is 5.80. The summed E-state index contributed by atoms with van der Waals surface area (Å²) in [6.45, 7) is 0. The molecule has 1 nitrogen and oxygen atoms in total. The molecule has 1 unspecified atom stereocenters. The molecule has 0 aromatic heterocycles. The van der Waals surface area contributed by atoms with E-state index >= 15 is 0 Å². The fourth-order valence-electron chi connectivity index (χ4n) is 5.83. The van der Waals surface area contributed by atoms with E-state index in [2.05, 4.69) is 0 Å². The van der Waals surface area contributed by atoms with Gasteiger partial charge in [-0.05, 0) is 80.2 Å². The zero-order chi connectivity index (χ0) is 14.6. The molecule has 3 heteroatoms. The second-order valence-electron chi connectivity index (χ2n) is 7.80. The highest BCUT2D eigenvalue weighted by atomic mass is 35.5. The monoisotopic (exact) mass is 308 g/mol. The minimum Gasteiger partial charge on any atom is -0.388 e. The molecule has 0 saturated heterocycles.